The van der Waals surface area contributed by atoms with Gasteiger partial charge in [0.15, 0.2) is 0 Å². The van der Waals surface area contributed by atoms with Crippen LogP contribution in [0.2, 0.25) is 0 Å². The van der Waals surface area contributed by atoms with Gasteiger partial charge in [-0.15, -0.1) is 0 Å². The molecule has 2 aromatic rings. The number of nitrogens with zero attached hydrogens (tertiary/aromatic N) is 3. The summed E-state index contributed by atoms with van der Waals surface area (Å²) in [6.45, 7) is 5.59. The molecule has 1 saturated heterocycles. The van der Waals surface area contributed by atoms with Crippen molar-refractivity contribution in [1.82, 2.24) is 9.80 Å². The highest BCUT2D eigenvalue weighted by atomic mass is 16.6. The van der Waals surface area contributed by atoms with Gasteiger partial charge in [-0.3, -0.25) is 15.0 Å². The number of carbonyl (C=O) groups excluding carboxylic acids is 1. The molecule has 136 valence electrons. The van der Waals surface area contributed by atoms with Crippen LogP contribution in [0.25, 0.3) is 0 Å². The lowest BCUT2D eigenvalue weighted by molar-refractivity contribution is -0.384. The molecule has 7 heteroatoms. The van der Waals surface area contributed by atoms with E-state index in [2.05, 4.69) is 22.3 Å². The first kappa shape index (κ1) is 17.9. The van der Waals surface area contributed by atoms with Gasteiger partial charge in [0, 0.05) is 50.5 Å². The predicted molar refractivity (Wildman–Crippen MR) is 100 cm³/mol. The summed E-state index contributed by atoms with van der Waals surface area (Å²) in [6.07, 6.45) is 0. The quantitative estimate of drug-likeness (QED) is 0.675. The molecule has 2 amide bonds. The Morgan fingerprint density at radius 3 is 2.42 bits per heavy atom. The van der Waals surface area contributed by atoms with Crippen molar-refractivity contribution in [2.45, 2.75) is 13.5 Å². The smallest absolute Gasteiger partial charge is 0.321 e. The number of urea groups is 1. The van der Waals surface area contributed by atoms with E-state index in [9.17, 15) is 14.9 Å². The molecule has 0 spiro atoms. The van der Waals surface area contributed by atoms with E-state index in [0.29, 0.717) is 24.3 Å². The summed E-state index contributed by atoms with van der Waals surface area (Å²) in [7, 11) is 0. The molecule has 1 N–H and O–H groups in total. The summed E-state index contributed by atoms with van der Waals surface area (Å²) in [6, 6.07) is 14.6. The van der Waals surface area contributed by atoms with E-state index in [1.165, 1.54) is 17.7 Å². The van der Waals surface area contributed by atoms with Crippen LogP contribution < -0.4 is 5.32 Å². The van der Waals surface area contributed by atoms with Gasteiger partial charge in [-0.1, -0.05) is 30.3 Å². The van der Waals surface area contributed by atoms with Crippen LogP contribution in [-0.2, 0) is 6.54 Å². The van der Waals surface area contributed by atoms with Crippen LogP contribution in [0.3, 0.4) is 0 Å². The number of benzene rings is 2. The molecule has 7 nitrogen and oxygen atoms in total. The Bertz CT molecular complexity index is 787. The lowest BCUT2D eigenvalue weighted by Crippen LogP contribution is -2.49. The maximum atomic E-state index is 12.5. The van der Waals surface area contributed by atoms with Gasteiger partial charge in [0.1, 0.15) is 0 Å². The van der Waals surface area contributed by atoms with Gasteiger partial charge < -0.3 is 10.2 Å². The van der Waals surface area contributed by atoms with E-state index in [1.54, 1.807) is 17.9 Å². The Kier molecular flexibility index (Phi) is 5.48. The molecule has 26 heavy (non-hydrogen) atoms. The molecule has 1 fully saturated rings. The first-order chi connectivity index (χ1) is 12.5. The monoisotopic (exact) mass is 354 g/mol. The number of nitro benzene ring substituents is 1. The molecule has 2 aromatic carbocycles. The van der Waals surface area contributed by atoms with Crippen LogP contribution >= 0.6 is 0 Å². The number of hydrogen-bond acceptors (Lipinski definition) is 4. The molecule has 0 bridgehead atoms. The van der Waals surface area contributed by atoms with Crippen LogP contribution in [-0.4, -0.2) is 46.9 Å². The number of aryl methyl sites for hydroxylation is 1. The highest BCUT2D eigenvalue weighted by Crippen LogP contribution is 2.21. The Morgan fingerprint density at radius 2 is 1.81 bits per heavy atom. The third kappa shape index (κ3) is 4.37. The number of piperazine rings is 1. The van der Waals surface area contributed by atoms with Gasteiger partial charge in [-0.2, -0.15) is 0 Å². The standard InChI is InChI=1S/C19H22N4O3/c1-15-13-17(23(25)26)7-8-18(15)20-19(24)22-11-9-21(10-12-22)14-16-5-3-2-4-6-16/h2-8,13H,9-12,14H2,1H3,(H,20,24). The van der Waals surface area contributed by atoms with Crippen LogP contribution in [0.15, 0.2) is 48.5 Å². The number of hydrogen-bond donors (Lipinski definition) is 1. The molecule has 1 aliphatic heterocycles. The van der Waals surface area contributed by atoms with Gasteiger partial charge in [-0.05, 0) is 24.1 Å². The molecule has 0 aromatic heterocycles. The summed E-state index contributed by atoms with van der Waals surface area (Å²) >= 11 is 0. The van der Waals surface area contributed by atoms with E-state index in [0.717, 1.165) is 19.6 Å². The summed E-state index contributed by atoms with van der Waals surface area (Å²) < 4.78 is 0. The number of nitrogens with one attached hydrogen (secondary N) is 1. The molecule has 0 radical (unpaired) electrons. The van der Waals surface area contributed by atoms with Crippen molar-refractivity contribution in [1.29, 1.82) is 0 Å². The Balaban J connectivity index is 1.53. The first-order valence-corrected chi connectivity index (χ1v) is 8.60. The zero-order chi connectivity index (χ0) is 18.5. The fraction of sp³-hybridized carbons (Fsp3) is 0.316. The van der Waals surface area contributed by atoms with Crippen LogP contribution in [0, 0.1) is 17.0 Å². The minimum Gasteiger partial charge on any atom is -0.322 e. The van der Waals surface area contributed by atoms with Crippen molar-refractivity contribution in [3.63, 3.8) is 0 Å². The van der Waals surface area contributed by atoms with Gasteiger partial charge in [-0.25, -0.2) is 4.79 Å². The topological polar surface area (TPSA) is 78.7 Å². The summed E-state index contributed by atoms with van der Waals surface area (Å²) in [5.74, 6) is 0. The SMILES string of the molecule is Cc1cc([N+](=O)[O-])ccc1NC(=O)N1CCN(Cc2ccccc2)CC1. The van der Waals surface area contributed by atoms with Crippen molar-refractivity contribution in [2.24, 2.45) is 0 Å². The largest absolute Gasteiger partial charge is 0.322 e. The minimum absolute atomic E-state index is 0.0232. The van der Waals surface area contributed by atoms with E-state index in [1.807, 2.05) is 18.2 Å². The molecule has 1 aliphatic rings. The zero-order valence-electron chi connectivity index (χ0n) is 14.7. The summed E-state index contributed by atoms with van der Waals surface area (Å²) in [5.41, 5.74) is 2.57. The Hall–Kier alpha value is -2.93. The van der Waals surface area contributed by atoms with Crippen molar-refractivity contribution in [3.05, 3.63) is 69.8 Å². The molecule has 0 saturated carbocycles. The van der Waals surface area contributed by atoms with Crippen LogP contribution in [0.1, 0.15) is 11.1 Å². The minimum atomic E-state index is -0.440. The predicted octanol–water partition coefficient (Wildman–Crippen LogP) is 3.25. The van der Waals surface area contributed by atoms with Crippen LogP contribution in [0.5, 0.6) is 0 Å². The third-order valence-electron chi connectivity index (χ3n) is 4.57. The Labute approximate surface area is 152 Å². The lowest BCUT2D eigenvalue weighted by atomic mass is 10.2. The van der Waals surface area contributed by atoms with Crippen molar-refractivity contribution < 1.29 is 9.72 Å². The summed E-state index contributed by atoms with van der Waals surface area (Å²) in [5, 5.41) is 13.7. The Morgan fingerprint density at radius 1 is 1.12 bits per heavy atom. The van der Waals surface area contributed by atoms with Crippen molar-refractivity contribution >= 4 is 17.4 Å². The molecular formula is C19H22N4O3. The lowest BCUT2D eigenvalue weighted by Gasteiger charge is -2.34. The van der Waals surface area contributed by atoms with E-state index >= 15 is 0 Å². The molecule has 0 unspecified atom stereocenters. The second-order valence-corrected chi connectivity index (χ2v) is 6.44. The average molecular weight is 354 g/mol. The number of carbonyl (C=O) groups is 1. The second-order valence-electron chi connectivity index (χ2n) is 6.44. The highest BCUT2D eigenvalue weighted by molar-refractivity contribution is 5.90. The number of nitro groups is 1. The van der Waals surface area contributed by atoms with Gasteiger partial charge >= 0.3 is 6.03 Å². The fourth-order valence-corrected chi connectivity index (χ4v) is 3.05. The molecule has 0 atom stereocenters. The normalized spacial score (nSPS) is 14.9. The van der Waals surface area contributed by atoms with Crippen molar-refractivity contribution in [2.75, 3.05) is 31.5 Å². The fourth-order valence-electron chi connectivity index (χ4n) is 3.05. The number of rotatable bonds is 4. The van der Waals surface area contributed by atoms with Crippen LogP contribution in [0.4, 0.5) is 16.2 Å². The first-order valence-electron chi connectivity index (χ1n) is 8.60. The number of non-ortho nitro benzene ring substituents is 1. The molecule has 3 rings (SSSR count). The maximum absolute atomic E-state index is 12.5. The summed E-state index contributed by atoms with van der Waals surface area (Å²) in [4.78, 5) is 26.9. The average Bonchev–Trinajstić information content (AvgIpc) is 2.64. The third-order valence-corrected chi connectivity index (χ3v) is 4.57. The second kappa shape index (κ2) is 7.97. The van der Waals surface area contributed by atoms with Gasteiger partial charge in [0.05, 0.1) is 4.92 Å². The van der Waals surface area contributed by atoms with Crippen molar-refractivity contribution in [3.8, 4) is 0 Å². The number of amides is 2. The molecule has 1 heterocycles. The van der Waals surface area contributed by atoms with E-state index in [4.69, 9.17) is 0 Å². The maximum Gasteiger partial charge on any atom is 0.321 e. The number of anilines is 1. The van der Waals surface area contributed by atoms with Gasteiger partial charge in [0.2, 0.25) is 0 Å². The van der Waals surface area contributed by atoms with E-state index in [-0.39, 0.29) is 11.7 Å². The highest BCUT2D eigenvalue weighted by Gasteiger charge is 2.21. The molecule has 0 aliphatic carbocycles. The zero-order valence-corrected chi connectivity index (χ0v) is 14.7. The molecular weight excluding hydrogens is 332 g/mol. The van der Waals surface area contributed by atoms with Gasteiger partial charge in [0.25, 0.3) is 5.69 Å². The van der Waals surface area contributed by atoms with E-state index < -0.39 is 4.92 Å².